The Morgan fingerprint density at radius 2 is 1.66 bits per heavy atom. The van der Waals surface area contributed by atoms with Crippen molar-refractivity contribution in [1.29, 1.82) is 0 Å². The van der Waals surface area contributed by atoms with E-state index in [-0.39, 0.29) is 11.5 Å². The summed E-state index contributed by atoms with van der Waals surface area (Å²) in [5.74, 6) is 0.810. The molecule has 0 spiro atoms. The Kier molecular flexibility index (Phi) is 7.16. The van der Waals surface area contributed by atoms with Crippen molar-refractivity contribution >= 4 is 33.5 Å². The van der Waals surface area contributed by atoms with E-state index in [0.29, 0.717) is 5.75 Å². The summed E-state index contributed by atoms with van der Waals surface area (Å²) < 4.78 is 36.8. The van der Waals surface area contributed by atoms with Crippen molar-refractivity contribution in [2.24, 2.45) is 7.05 Å². The van der Waals surface area contributed by atoms with Gasteiger partial charge >= 0.3 is 10.4 Å². The minimum atomic E-state index is -4.16. The first-order valence-corrected chi connectivity index (χ1v) is 9.71. The number of methoxy groups -OCH3 is 1. The van der Waals surface area contributed by atoms with Gasteiger partial charge in [-0.25, -0.2) is 0 Å². The molecule has 1 aromatic heterocycles. The second-order valence-electron chi connectivity index (χ2n) is 5.89. The number of rotatable bonds is 4. The maximum Gasteiger partial charge on any atom is 0.397 e. The van der Waals surface area contributed by atoms with Gasteiger partial charge in [0.15, 0.2) is 17.2 Å². The van der Waals surface area contributed by atoms with Gasteiger partial charge in [0.05, 0.1) is 19.6 Å². The summed E-state index contributed by atoms with van der Waals surface area (Å²) in [7, 11) is 0.147. The summed E-state index contributed by atoms with van der Waals surface area (Å²) in [4.78, 5) is 0. The fraction of sp³-hybridized carbons (Fsp3) is 0.150. The van der Waals surface area contributed by atoms with E-state index in [1.54, 1.807) is 18.2 Å². The summed E-state index contributed by atoms with van der Waals surface area (Å²) in [5, 5.41) is 20.7. The van der Waals surface area contributed by atoms with Gasteiger partial charge in [0.25, 0.3) is 5.52 Å². The Balaban J connectivity index is 0.000000438. The van der Waals surface area contributed by atoms with Crippen LogP contribution in [-0.4, -0.2) is 37.4 Å². The van der Waals surface area contributed by atoms with Crippen LogP contribution in [0.3, 0.4) is 0 Å². The van der Waals surface area contributed by atoms with Crippen LogP contribution in [0, 0.1) is 0 Å². The number of pyridine rings is 1. The van der Waals surface area contributed by atoms with Crippen LogP contribution in [0.2, 0.25) is 0 Å². The normalized spacial score (nSPS) is 11.3. The summed E-state index contributed by atoms with van der Waals surface area (Å²) in [6.07, 6.45) is 3.89. The Hall–Kier alpha value is -3.14. The number of hydrogen-bond donors (Lipinski definition) is 3. The van der Waals surface area contributed by atoms with Gasteiger partial charge in [0.2, 0.25) is 5.69 Å². The summed E-state index contributed by atoms with van der Waals surface area (Å²) >= 11 is 0. The zero-order valence-corrected chi connectivity index (χ0v) is 16.9. The molecule has 0 saturated heterocycles. The van der Waals surface area contributed by atoms with Gasteiger partial charge in [-0.15, -0.1) is 0 Å². The first-order chi connectivity index (χ1) is 13.7. The standard InChI is InChI=1S/C19H17NO3.CH4O4S/c1-20-15(10-8-14-4-3-5-17(22)19(14)20)9-6-13-7-11-16(21)18(12-13)23-2;1-5-6(2,3)4/h3-12,22H,1-2H3;1H3,(H,2,3,4)/p+1. The number of aromatic nitrogens is 1. The molecule has 2 aromatic carbocycles. The molecule has 29 heavy (non-hydrogen) atoms. The monoisotopic (exact) mass is 420 g/mol. The van der Waals surface area contributed by atoms with Gasteiger partial charge in [-0.1, -0.05) is 12.1 Å². The highest BCUT2D eigenvalue weighted by atomic mass is 32.3. The Labute approximate surface area is 168 Å². The van der Waals surface area contributed by atoms with Crippen molar-refractivity contribution < 1.29 is 36.7 Å². The minimum Gasteiger partial charge on any atom is -0.504 e. The number of aromatic hydroxyl groups is 2. The molecule has 0 fully saturated rings. The number of ether oxygens (including phenoxy) is 1. The summed E-state index contributed by atoms with van der Waals surface area (Å²) in [6.45, 7) is 0. The van der Waals surface area contributed by atoms with Crippen LogP contribution in [-0.2, 0) is 21.6 Å². The van der Waals surface area contributed by atoms with Crippen molar-refractivity contribution in [3.05, 3.63) is 59.8 Å². The van der Waals surface area contributed by atoms with Crippen molar-refractivity contribution in [2.45, 2.75) is 0 Å². The fourth-order valence-corrected chi connectivity index (χ4v) is 2.61. The Bertz CT molecular complexity index is 1140. The van der Waals surface area contributed by atoms with Gasteiger partial charge in [0, 0.05) is 12.1 Å². The van der Waals surface area contributed by atoms with E-state index >= 15 is 0 Å². The smallest absolute Gasteiger partial charge is 0.397 e. The first kappa shape index (κ1) is 22.2. The Morgan fingerprint density at radius 1 is 0.966 bits per heavy atom. The van der Waals surface area contributed by atoms with Crippen LogP contribution in [0.5, 0.6) is 17.2 Å². The van der Waals surface area contributed by atoms with Crippen molar-refractivity contribution in [3.63, 3.8) is 0 Å². The molecule has 8 nitrogen and oxygen atoms in total. The third-order valence-electron chi connectivity index (χ3n) is 4.06. The quantitative estimate of drug-likeness (QED) is 0.439. The zero-order chi connectivity index (χ0) is 21.6. The molecule has 3 rings (SSSR count). The van der Waals surface area contributed by atoms with Gasteiger partial charge in [0.1, 0.15) is 7.05 Å². The number of phenols is 2. The number of fused-ring (bicyclic) bond motifs is 1. The van der Waals surface area contributed by atoms with Gasteiger partial charge < -0.3 is 14.9 Å². The van der Waals surface area contributed by atoms with E-state index in [4.69, 9.17) is 9.29 Å². The highest BCUT2D eigenvalue weighted by molar-refractivity contribution is 7.80. The highest BCUT2D eigenvalue weighted by Crippen LogP contribution is 2.27. The van der Waals surface area contributed by atoms with E-state index in [1.165, 1.54) is 7.11 Å². The predicted molar refractivity (Wildman–Crippen MR) is 109 cm³/mol. The van der Waals surface area contributed by atoms with E-state index in [1.807, 2.05) is 54.1 Å². The summed E-state index contributed by atoms with van der Waals surface area (Å²) in [6, 6.07) is 14.6. The molecule has 3 aromatic rings. The molecule has 0 radical (unpaired) electrons. The third kappa shape index (κ3) is 5.92. The van der Waals surface area contributed by atoms with Gasteiger partial charge in [-0.2, -0.15) is 13.0 Å². The molecule has 0 atom stereocenters. The maximum atomic E-state index is 10.1. The minimum absolute atomic E-state index is 0.117. The molecule has 0 bridgehead atoms. The lowest BCUT2D eigenvalue weighted by molar-refractivity contribution is -0.646. The number of para-hydroxylation sites is 1. The van der Waals surface area contributed by atoms with E-state index in [2.05, 4.69) is 4.18 Å². The van der Waals surface area contributed by atoms with E-state index in [9.17, 15) is 18.6 Å². The van der Waals surface area contributed by atoms with E-state index in [0.717, 1.165) is 29.3 Å². The number of aryl methyl sites for hydroxylation is 1. The lowest BCUT2D eigenvalue weighted by Gasteiger charge is -2.04. The average Bonchev–Trinajstić information content (AvgIpc) is 2.68. The largest absolute Gasteiger partial charge is 0.504 e. The second-order valence-corrected chi connectivity index (χ2v) is 7.08. The maximum absolute atomic E-state index is 10.1. The predicted octanol–water partition coefficient (Wildman–Crippen LogP) is 2.69. The van der Waals surface area contributed by atoms with Crippen LogP contribution in [0.15, 0.2) is 48.5 Å². The SMILES string of the molecule is COS(=O)(=O)O.COc1cc(/C=C/c2ccc3cccc(O)c3[n+]2C)ccc1O. The fourth-order valence-electron chi connectivity index (χ4n) is 2.61. The number of nitrogens with zero attached hydrogens (tertiary/aromatic N) is 1. The molecule has 0 aliphatic rings. The highest BCUT2D eigenvalue weighted by Gasteiger charge is 2.13. The molecule has 154 valence electrons. The average molecular weight is 420 g/mol. The first-order valence-electron chi connectivity index (χ1n) is 8.35. The van der Waals surface area contributed by atoms with Crippen molar-refractivity contribution in [3.8, 4) is 17.2 Å². The molecular weight excluding hydrogens is 398 g/mol. The van der Waals surface area contributed by atoms with Crippen LogP contribution >= 0.6 is 0 Å². The molecule has 0 aliphatic heterocycles. The van der Waals surface area contributed by atoms with Crippen LogP contribution < -0.4 is 9.30 Å². The molecule has 3 N–H and O–H groups in total. The molecule has 0 amide bonds. The topological polar surface area (TPSA) is 117 Å². The van der Waals surface area contributed by atoms with Crippen molar-refractivity contribution in [2.75, 3.05) is 14.2 Å². The summed E-state index contributed by atoms with van der Waals surface area (Å²) in [5.41, 5.74) is 2.65. The lowest BCUT2D eigenvalue weighted by atomic mass is 10.1. The van der Waals surface area contributed by atoms with Crippen LogP contribution in [0.25, 0.3) is 23.1 Å². The molecular formula is C20H22NO7S+. The van der Waals surface area contributed by atoms with Gasteiger partial charge in [-0.05, 0) is 42.0 Å². The molecule has 0 aliphatic carbocycles. The van der Waals surface area contributed by atoms with Crippen LogP contribution in [0.4, 0.5) is 0 Å². The molecule has 9 heteroatoms. The zero-order valence-electron chi connectivity index (χ0n) is 16.1. The van der Waals surface area contributed by atoms with Crippen LogP contribution in [0.1, 0.15) is 11.3 Å². The molecule has 1 heterocycles. The molecule has 0 unspecified atom stereocenters. The second kappa shape index (κ2) is 9.37. The number of hydrogen-bond acceptors (Lipinski definition) is 6. The Morgan fingerprint density at radius 3 is 2.28 bits per heavy atom. The van der Waals surface area contributed by atoms with Gasteiger partial charge in [-0.3, -0.25) is 8.74 Å². The third-order valence-corrected chi connectivity index (χ3v) is 4.48. The van der Waals surface area contributed by atoms with Crippen molar-refractivity contribution in [1.82, 2.24) is 0 Å². The van der Waals surface area contributed by atoms with E-state index < -0.39 is 10.4 Å². The lowest BCUT2D eigenvalue weighted by Crippen LogP contribution is -2.32. The number of benzene rings is 2. The molecule has 0 saturated carbocycles. The number of phenolic OH excluding ortho intramolecular Hbond substituents is 2.